The van der Waals surface area contributed by atoms with Gasteiger partial charge in [0.25, 0.3) is 0 Å². The molecule has 0 amide bonds. The summed E-state index contributed by atoms with van der Waals surface area (Å²) in [5.41, 5.74) is 0. The molecule has 0 aliphatic rings. The minimum atomic E-state index is -1.50. The molecular weight excluding hydrogens is 82.0 g/mol. The van der Waals surface area contributed by atoms with Gasteiger partial charge in [-0.25, -0.2) is 0 Å². The molecule has 2 nitrogen and oxygen atoms in total. The summed E-state index contributed by atoms with van der Waals surface area (Å²) in [5, 5.41) is 0. The summed E-state index contributed by atoms with van der Waals surface area (Å²) in [7, 11) is -1.50. The molecule has 28 valence electrons. The van der Waals surface area contributed by atoms with Crippen molar-refractivity contribution in [2.75, 3.05) is 0 Å². The van der Waals surface area contributed by atoms with Gasteiger partial charge >= 0.3 is 0 Å². The summed E-state index contributed by atoms with van der Waals surface area (Å²) < 4.78 is 8.57. The molecule has 1 N–H and O–H groups in total. The van der Waals surface area contributed by atoms with Gasteiger partial charge in [0.15, 0.2) is 8.69 Å². The van der Waals surface area contributed by atoms with Gasteiger partial charge in [-0.2, -0.15) is 0 Å². The number of rotatable bonds is 0. The van der Waals surface area contributed by atoms with Gasteiger partial charge in [0, 0.05) is 0 Å². The molecule has 0 bridgehead atoms. The first-order chi connectivity index (χ1) is 1.41. The Balaban J connectivity index is 0. The Morgan fingerprint density at radius 2 is 1.75 bits per heavy atom. The number of halogens is 1. The van der Waals surface area contributed by atoms with E-state index in [1.165, 1.54) is 0 Å². The van der Waals surface area contributed by atoms with Gasteiger partial charge in [-0.15, -0.1) is 0 Å². The van der Waals surface area contributed by atoms with Crippen LogP contribution in [0, 0.1) is 0 Å². The van der Waals surface area contributed by atoms with Gasteiger partial charge in [0.2, 0.25) is 0 Å². The molecule has 0 aromatic heterocycles. The predicted octanol–water partition coefficient (Wildman–Crippen LogP) is -0.198. The van der Waals surface area contributed by atoms with Crippen molar-refractivity contribution >= 4 is 8.69 Å². The van der Waals surface area contributed by atoms with Crippen molar-refractivity contribution in [2.45, 2.75) is 0 Å². The topological polar surface area (TPSA) is 37.3 Å². The van der Waals surface area contributed by atoms with E-state index in [9.17, 15) is 0 Å². The molecule has 4 heavy (non-hydrogen) atoms. The first kappa shape index (κ1) is 8.92. The molecule has 0 heterocycles. The molecule has 0 aromatic rings. The molecular formula is H4FO2P. The van der Waals surface area contributed by atoms with Crippen LogP contribution >= 0.6 is 8.69 Å². The normalized spacial score (nSPS) is 7.25. The van der Waals surface area contributed by atoms with Crippen LogP contribution in [0.25, 0.3) is 0 Å². The molecule has 0 rings (SSSR count). The van der Waals surface area contributed by atoms with E-state index in [1.807, 2.05) is 0 Å². The van der Waals surface area contributed by atoms with Crippen LogP contribution in [-0.4, -0.2) is 4.89 Å². The molecule has 0 spiro atoms. The van der Waals surface area contributed by atoms with E-state index in [0.717, 1.165) is 0 Å². The van der Waals surface area contributed by atoms with E-state index in [-0.39, 0.29) is 4.70 Å². The summed E-state index contributed by atoms with van der Waals surface area (Å²) in [6.45, 7) is 0. The molecule has 4 heteroatoms. The van der Waals surface area contributed by atoms with Crippen LogP contribution in [0.2, 0.25) is 0 Å². The second-order valence-electron chi connectivity index (χ2n) is 0.105. The lowest BCUT2D eigenvalue weighted by atomic mass is 15.9. The van der Waals surface area contributed by atoms with E-state index in [0.29, 0.717) is 0 Å². The highest BCUT2D eigenvalue weighted by Gasteiger charge is 1.17. The largest absolute Gasteiger partial charge is 0.348 e. The second-order valence-corrected chi connectivity index (χ2v) is 0.316. The highest BCUT2D eigenvalue weighted by Crippen LogP contribution is 1.66. The van der Waals surface area contributed by atoms with Crippen molar-refractivity contribution in [3.63, 3.8) is 0 Å². The minimum Gasteiger partial charge on any atom is -0.348 e. The van der Waals surface area contributed by atoms with Crippen LogP contribution < -0.4 is 0 Å². The molecule has 1 unspecified atom stereocenters. The maximum atomic E-state index is 8.57. The van der Waals surface area contributed by atoms with Gasteiger partial charge in [0.05, 0.1) is 0 Å². The molecule has 0 radical (unpaired) electrons. The third-order valence-corrected chi connectivity index (χ3v) is 0. The third kappa shape index (κ3) is 185. The zero-order valence-electron chi connectivity index (χ0n) is 1.84. The average Bonchev–Trinajstić information content (AvgIpc) is 0.918. The molecule has 0 saturated heterocycles. The van der Waals surface area contributed by atoms with Crippen molar-refractivity contribution < 1.29 is 14.2 Å². The lowest BCUT2D eigenvalue weighted by Crippen LogP contribution is -1.03. The first-order valence-electron chi connectivity index (χ1n) is 0.494. The number of hydrogen-bond acceptors (Lipinski definition) is 1. The maximum absolute atomic E-state index is 8.57. The monoisotopic (exact) mass is 86.0 g/mol. The Kier molecular flexibility index (Phi) is 24.9. The summed E-state index contributed by atoms with van der Waals surface area (Å²) in [6.07, 6.45) is 0. The van der Waals surface area contributed by atoms with Crippen LogP contribution in [0.3, 0.4) is 0 Å². The second kappa shape index (κ2) is 11.2. The van der Waals surface area contributed by atoms with E-state index < -0.39 is 8.69 Å². The lowest BCUT2D eigenvalue weighted by Gasteiger charge is -1.33. The van der Waals surface area contributed by atoms with Gasteiger partial charge in [-0.05, 0) is 0 Å². The molecule has 0 aromatic carbocycles. The van der Waals surface area contributed by atoms with Crippen LogP contribution in [0.5, 0.6) is 0 Å². The van der Waals surface area contributed by atoms with Crippen molar-refractivity contribution in [1.82, 2.24) is 0 Å². The van der Waals surface area contributed by atoms with E-state index >= 15 is 0 Å². The van der Waals surface area contributed by atoms with Crippen LogP contribution in [0.4, 0.5) is 4.70 Å². The highest BCUT2D eigenvalue weighted by molar-refractivity contribution is 7.16. The third-order valence-electron chi connectivity index (χ3n) is 0. The fourth-order valence-corrected chi connectivity index (χ4v) is 0. The summed E-state index contributed by atoms with van der Waals surface area (Å²) in [5.74, 6) is 0. The van der Waals surface area contributed by atoms with Gasteiger partial charge in [-0.1, -0.05) is 0 Å². The molecule has 1 atom stereocenters. The minimum absolute atomic E-state index is 0. The van der Waals surface area contributed by atoms with Crippen molar-refractivity contribution in [2.24, 2.45) is 0 Å². The lowest BCUT2D eigenvalue weighted by molar-refractivity contribution is 0.524. The Hall–Kier alpha value is 0.120. The zero-order chi connectivity index (χ0) is 2.71. The quantitative estimate of drug-likeness (QED) is 0.414. The standard InChI is InChI=1S/FH.H3O2P/c;1-3-2/h1H;3H2,(H,1,2). The van der Waals surface area contributed by atoms with Gasteiger partial charge < -0.3 is 4.89 Å². The Morgan fingerprint density at radius 3 is 1.75 bits per heavy atom. The predicted molar refractivity (Wildman–Crippen MR) is 15.1 cm³/mol. The smallest absolute Gasteiger partial charge is 0.177 e. The average molecular weight is 86.0 g/mol. The highest BCUT2D eigenvalue weighted by atomic mass is 31.1. The van der Waals surface area contributed by atoms with E-state index in [4.69, 9.17) is 9.46 Å². The summed E-state index contributed by atoms with van der Waals surface area (Å²) in [6, 6.07) is 0. The Labute approximate surface area is 24.1 Å². The van der Waals surface area contributed by atoms with Crippen LogP contribution in [-0.2, 0) is 4.57 Å². The van der Waals surface area contributed by atoms with Crippen LogP contribution in [0.15, 0.2) is 0 Å². The fourth-order valence-electron chi connectivity index (χ4n) is 0. The summed E-state index contributed by atoms with van der Waals surface area (Å²) >= 11 is 0. The SMILES string of the molecule is F.O=[PH2]O. The number of hydrogen-bond donors (Lipinski definition) is 1. The zero-order valence-corrected chi connectivity index (χ0v) is 3.00. The van der Waals surface area contributed by atoms with Gasteiger partial charge in [0.1, 0.15) is 0 Å². The van der Waals surface area contributed by atoms with Crippen molar-refractivity contribution in [3.8, 4) is 0 Å². The molecule has 0 aliphatic carbocycles. The molecule has 0 fully saturated rings. The van der Waals surface area contributed by atoms with Crippen molar-refractivity contribution in [3.05, 3.63) is 0 Å². The molecule has 0 aliphatic heterocycles. The first-order valence-corrected chi connectivity index (χ1v) is 1.48. The summed E-state index contributed by atoms with van der Waals surface area (Å²) in [4.78, 5) is 7.10. The maximum Gasteiger partial charge on any atom is 0.177 e. The van der Waals surface area contributed by atoms with E-state index in [2.05, 4.69) is 0 Å². The van der Waals surface area contributed by atoms with Crippen LogP contribution in [0.1, 0.15) is 0 Å². The Bertz CT molecular complexity index is 13.5. The Morgan fingerprint density at radius 1 is 1.75 bits per heavy atom. The fraction of sp³-hybridized carbons (Fsp3) is 0. The van der Waals surface area contributed by atoms with Crippen molar-refractivity contribution in [1.29, 1.82) is 0 Å². The van der Waals surface area contributed by atoms with Gasteiger partial charge in [-0.3, -0.25) is 9.27 Å². The van der Waals surface area contributed by atoms with E-state index in [1.54, 1.807) is 0 Å². The molecule has 0 saturated carbocycles.